The number of amides is 1. The van der Waals surface area contributed by atoms with Crippen LogP contribution in [0.1, 0.15) is 12.0 Å². The minimum atomic E-state index is 0. The molecule has 4 nitrogen and oxygen atoms in total. The first-order valence-electron chi connectivity index (χ1n) is 6.91. The second-order valence-corrected chi connectivity index (χ2v) is 5.31. The van der Waals surface area contributed by atoms with Crippen LogP contribution in [0.15, 0.2) is 24.3 Å². The molecule has 0 bridgehead atoms. The van der Waals surface area contributed by atoms with Gasteiger partial charge in [0.05, 0.1) is 0 Å². The summed E-state index contributed by atoms with van der Waals surface area (Å²) in [5.41, 5.74) is 2.09. The predicted molar refractivity (Wildman–Crippen MR) is 78.4 cm³/mol. The lowest BCUT2D eigenvalue weighted by atomic mass is 10.2. The van der Waals surface area contributed by atoms with Gasteiger partial charge in [-0.2, -0.15) is 0 Å². The molecule has 1 aliphatic rings. The first-order chi connectivity index (χ1) is 9.13. The zero-order chi connectivity index (χ0) is 13.7. The first kappa shape index (κ1) is 17.0. The van der Waals surface area contributed by atoms with Gasteiger partial charge >= 0.3 is 0 Å². The Morgan fingerprint density at radius 1 is 1.15 bits per heavy atom. The lowest BCUT2D eigenvalue weighted by molar-refractivity contribution is -0.116. The summed E-state index contributed by atoms with van der Waals surface area (Å²) in [6.07, 6.45) is 0.567. The van der Waals surface area contributed by atoms with E-state index in [0.29, 0.717) is 6.42 Å². The second-order valence-electron chi connectivity index (χ2n) is 5.31. The van der Waals surface area contributed by atoms with Crippen molar-refractivity contribution in [1.82, 2.24) is 9.80 Å². The summed E-state index contributed by atoms with van der Waals surface area (Å²) in [7, 11) is 2.14. The first-order valence-corrected chi connectivity index (χ1v) is 6.91. The van der Waals surface area contributed by atoms with E-state index >= 15 is 0 Å². The Kier molecular flexibility index (Phi) is 6.99. The van der Waals surface area contributed by atoms with Gasteiger partial charge in [0.2, 0.25) is 5.91 Å². The number of likely N-dealkylation sites (N-methyl/N-ethyl adjacent to an activating group) is 1. The third-order valence-electron chi connectivity index (χ3n) is 3.59. The number of hydrogen-bond donors (Lipinski definition) is 1. The Labute approximate surface area is 127 Å². The fraction of sp³-hybridized carbons (Fsp3) is 0.533. The molecule has 20 heavy (non-hydrogen) atoms. The highest BCUT2D eigenvalue weighted by molar-refractivity contribution is 5.90. The topological polar surface area (TPSA) is 35.6 Å². The summed E-state index contributed by atoms with van der Waals surface area (Å²) < 4.78 is 0. The molecule has 1 amide bonds. The van der Waals surface area contributed by atoms with E-state index in [1.807, 2.05) is 31.2 Å². The number of hydrogen-bond acceptors (Lipinski definition) is 3. The smallest absolute Gasteiger partial charge is 0.225 e. The van der Waals surface area contributed by atoms with E-state index in [0.717, 1.165) is 38.4 Å². The fourth-order valence-electron chi connectivity index (χ4n) is 2.19. The van der Waals surface area contributed by atoms with Crippen LogP contribution >= 0.6 is 0 Å². The number of carbonyl (C=O) groups is 1. The number of rotatable bonds is 4. The molecule has 112 valence electrons. The van der Waals surface area contributed by atoms with E-state index in [1.165, 1.54) is 5.56 Å². The average molecular weight is 297 g/mol. The van der Waals surface area contributed by atoms with E-state index in [4.69, 9.17) is 0 Å². The van der Waals surface area contributed by atoms with Crippen LogP contribution in [0.5, 0.6) is 0 Å². The molecule has 2 rings (SSSR count). The minimum Gasteiger partial charge on any atom is -1.00 e. The summed E-state index contributed by atoms with van der Waals surface area (Å²) in [5, 5.41) is 2.94. The Morgan fingerprint density at radius 2 is 1.75 bits per heavy atom. The van der Waals surface area contributed by atoms with Gasteiger partial charge in [0.15, 0.2) is 0 Å². The van der Waals surface area contributed by atoms with Gasteiger partial charge in [-0.1, -0.05) is 17.7 Å². The quantitative estimate of drug-likeness (QED) is 0.740. The molecule has 0 aromatic heterocycles. The standard InChI is InChI=1S/C15H23N3O.ClH/c1-13-3-5-14(6-4-13)16-15(19)7-8-18-11-9-17(2)10-12-18;/h3-6H,7-12H2,1-2H3,(H,16,19);1H/p-1. The SMILES string of the molecule is Cc1ccc(NC(=O)CCN2CCN(C)CC2)cc1.[Cl-]. The summed E-state index contributed by atoms with van der Waals surface area (Å²) >= 11 is 0. The molecule has 0 unspecified atom stereocenters. The summed E-state index contributed by atoms with van der Waals surface area (Å²) in [6, 6.07) is 7.92. The van der Waals surface area contributed by atoms with Crippen molar-refractivity contribution in [3.05, 3.63) is 29.8 Å². The molecule has 0 spiro atoms. The molecule has 1 aliphatic heterocycles. The van der Waals surface area contributed by atoms with Gasteiger partial charge in [-0.05, 0) is 26.1 Å². The van der Waals surface area contributed by atoms with Crippen LogP contribution in [0.4, 0.5) is 5.69 Å². The highest BCUT2D eigenvalue weighted by Crippen LogP contribution is 2.09. The minimum absolute atomic E-state index is 0. The van der Waals surface area contributed by atoms with Crippen molar-refractivity contribution in [1.29, 1.82) is 0 Å². The number of carbonyl (C=O) groups excluding carboxylic acids is 1. The zero-order valence-electron chi connectivity index (χ0n) is 12.2. The van der Waals surface area contributed by atoms with E-state index in [-0.39, 0.29) is 18.3 Å². The van der Waals surface area contributed by atoms with Gasteiger partial charge in [0, 0.05) is 44.8 Å². The molecule has 1 aromatic rings. The maximum Gasteiger partial charge on any atom is 0.225 e. The van der Waals surface area contributed by atoms with Crippen LogP contribution < -0.4 is 17.7 Å². The van der Waals surface area contributed by atoms with Crippen LogP contribution in [-0.2, 0) is 4.79 Å². The van der Waals surface area contributed by atoms with E-state index < -0.39 is 0 Å². The molecular weight excluding hydrogens is 274 g/mol. The van der Waals surface area contributed by atoms with Gasteiger partial charge in [-0.15, -0.1) is 0 Å². The molecule has 1 heterocycles. The van der Waals surface area contributed by atoms with Crippen molar-refractivity contribution >= 4 is 11.6 Å². The van der Waals surface area contributed by atoms with Crippen molar-refractivity contribution in [2.24, 2.45) is 0 Å². The van der Waals surface area contributed by atoms with Crippen molar-refractivity contribution in [3.63, 3.8) is 0 Å². The highest BCUT2D eigenvalue weighted by Gasteiger charge is 2.14. The molecule has 0 radical (unpaired) electrons. The summed E-state index contributed by atoms with van der Waals surface area (Å²) in [4.78, 5) is 16.5. The van der Waals surface area contributed by atoms with Crippen molar-refractivity contribution in [3.8, 4) is 0 Å². The van der Waals surface area contributed by atoms with Gasteiger partial charge in [0.25, 0.3) is 0 Å². The predicted octanol–water partition coefficient (Wildman–Crippen LogP) is -1.42. The van der Waals surface area contributed by atoms with Gasteiger partial charge < -0.3 is 27.5 Å². The number of nitrogens with one attached hydrogen (secondary N) is 1. The highest BCUT2D eigenvalue weighted by atomic mass is 35.5. The van der Waals surface area contributed by atoms with Crippen molar-refractivity contribution < 1.29 is 17.2 Å². The van der Waals surface area contributed by atoms with Crippen molar-refractivity contribution in [2.75, 3.05) is 45.1 Å². The number of halogens is 1. The summed E-state index contributed by atoms with van der Waals surface area (Å²) in [6.45, 7) is 7.21. The number of piperazine rings is 1. The lowest BCUT2D eigenvalue weighted by Crippen LogP contribution is -3.00. The van der Waals surface area contributed by atoms with E-state index in [1.54, 1.807) is 0 Å². The van der Waals surface area contributed by atoms with Crippen LogP contribution in [0.3, 0.4) is 0 Å². The van der Waals surface area contributed by atoms with E-state index in [9.17, 15) is 4.79 Å². The van der Waals surface area contributed by atoms with Crippen LogP contribution in [-0.4, -0.2) is 55.5 Å². The third kappa shape index (κ3) is 5.49. The molecule has 1 N–H and O–H groups in total. The van der Waals surface area contributed by atoms with Crippen LogP contribution in [0.2, 0.25) is 0 Å². The van der Waals surface area contributed by atoms with Gasteiger partial charge in [-0.3, -0.25) is 4.79 Å². The van der Waals surface area contributed by atoms with Crippen molar-refractivity contribution in [2.45, 2.75) is 13.3 Å². The zero-order valence-corrected chi connectivity index (χ0v) is 13.0. The molecule has 1 fully saturated rings. The average Bonchev–Trinajstić information content (AvgIpc) is 2.41. The number of nitrogens with zero attached hydrogens (tertiary/aromatic N) is 2. The molecule has 5 heteroatoms. The largest absolute Gasteiger partial charge is 1.00 e. The second kappa shape index (κ2) is 8.25. The Morgan fingerprint density at radius 3 is 2.35 bits per heavy atom. The number of anilines is 1. The fourth-order valence-corrected chi connectivity index (χ4v) is 2.19. The maximum atomic E-state index is 11.9. The molecule has 0 atom stereocenters. The van der Waals surface area contributed by atoms with Gasteiger partial charge in [-0.25, -0.2) is 0 Å². The summed E-state index contributed by atoms with van der Waals surface area (Å²) in [5.74, 6) is 0.0998. The molecule has 1 saturated heterocycles. The molecule has 0 saturated carbocycles. The third-order valence-corrected chi connectivity index (χ3v) is 3.59. The monoisotopic (exact) mass is 296 g/mol. The van der Waals surface area contributed by atoms with Crippen LogP contribution in [0.25, 0.3) is 0 Å². The Bertz CT molecular complexity index is 414. The lowest BCUT2D eigenvalue weighted by Gasteiger charge is -2.32. The van der Waals surface area contributed by atoms with Crippen LogP contribution in [0, 0.1) is 6.92 Å². The Balaban J connectivity index is 0.00000200. The normalized spacial score (nSPS) is 16.5. The molecule has 1 aromatic carbocycles. The molecule has 0 aliphatic carbocycles. The molecular formula is C15H23ClN3O-. The number of aryl methyl sites for hydroxylation is 1. The van der Waals surface area contributed by atoms with Gasteiger partial charge in [0.1, 0.15) is 0 Å². The van der Waals surface area contributed by atoms with E-state index in [2.05, 4.69) is 22.2 Å². The Hall–Kier alpha value is -1.10. The number of benzene rings is 1. The maximum absolute atomic E-state index is 11.9.